The topological polar surface area (TPSA) is 49.3 Å². The Bertz CT molecular complexity index is 443. The maximum atomic E-state index is 10.9. The highest BCUT2D eigenvalue weighted by atomic mass is 16.4. The first-order chi connectivity index (χ1) is 8.93. The van der Waals surface area contributed by atoms with Gasteiger partial charge in [-0.3, -0.25) is 4.79 Å². The highest BCUT2D eigenvalue weighted by Crippen LogP contribution is 2.19. The van der Waals surface area contributed by atoms with Crippen LogP contribution in [0.2, 0.25) is 0 Å². The van der Waals surface area contributed by atoms with E-state index in [1.807, 2.05) is 0 Å². The third kappa shape index (κ3) is 4.87. The standard InChI is InChI=1S/C16H23NO2/c1-5-6-17-14(10-16(18)19)9-15-12(3)7-11(2)8-13(15)4/h5,7-8,14,17H,1,6,9-10H2,2-4H3,(H,18,19). The Morgan fingerprint density at radius 3 is 2.42 bits per heavy atom. The lowest BCUT2D eigenvalue weighted by atomic mass is 9.93. The number of carbonyl (C=O) groups is 1. The van der Waals surface area contributed by atoms with Crippen LogP contribution in [0.5, 0.6) is 0 Å². The monoisotopic (exact) mass is 261 g/mol. The van der Waals surface area contributed by atoms with E-state index in [9.17, 15) is 4.79 Å². The number of aryl methyl sites for hydroxylation is 3. The Labute approximate surface area is 115 Å². The Hall–Kier alpha value is -1.61. The summed E-state index contributed by atoms with van der Waals surface area (Å²) < 4.78 is 0. The van der Waals surface area contributed by atoms with E-state index in [0.29, 0.717) is 6.54 Å². The van der Waals surface area contributed by atoms with Gasteiger partial charge < -0.3 is 10.4 Å². The Morgan fingerprint density at radius 2 is 1.95 bits per heavy atom. The molecular formula is C16H23NO2. The van der Waals surface area contributed by atoms with E-state index in [1.165, 1.54) is 22.3 Å². The summed E-state index contributed by atoms with van der Waals surface area (Å²) in [6.45, 7) is 10.5. The molecule has 0 saturated carbocycles. The molecule has 0 aliphatic heterocycles. The maximum Gasteiger partial charge on any atom is 0.304 e. The Morgan fingerprint density at radius 1 is 1.37 bits per heavy atom. The van der Waals surface area contributed by atoms with Gasteiger partial charge in [0.05, 0.1) is 6.42 Å². The highest BCUT2D eigenvalue weighted by molar-refractivity contribution is 5.67. The van der Waals surface area contributed by atoms with Crippen LogP contribution >= 0.6 is 0 Å². The molecule has 1 atom stereocenters. The molecule has 1 aromatic carbocycles. The second-order valence-corrected chi connectivity index (χ2v) is 5.07. The summed E-state index contributed by atoms with van der Waals surface area (Å²) >= 11 is 0. The van der Waals surface area contributed by atoms with Crippen molar-refractivity contribution in [3.63, 3.8) is 0 Å². The molecule has 0 amide bonds. The fourth-order valence-corrected chi connectivity index (χ4v) is 2.46. The fourth-order valence-electron chi connectivity index (χ4n) is 2.46. The molecule has 1 aromatic rings. The number of aliphatic carboxylic acids is 1. The summed E-state index contributed by atoms with van der Waals surface area (Å²) in [5.41, 5.74) is 4.95. The van der Waals surface area contributed by atoms with Crippen molar-refractivity contribution >= 4 is 5.97 Å². The molecule has 104 valence electrons. The Kier molecular flexibility index (Phi) is 5.77. The van der Waals surface area contributed by atoms with Gasteiger partial charge in [-0.2, -0.15) is 0 Å². The van der Waals surface area contributed by atoms with Crippen LogP contribution in [0.15, 0.2) is 24.8 Å². The smallest absolute Gasteiger partial charge is 0.304 e. The van der Waals surface area contributed by atoms with Gasteiger partial charge in [0.2, 0.25) is 0 Å². The van der Waals surface area contributed by atoms with Crippen LogP contribution in [0.4, 0.5) is 0 Å². The fraction of sp³-hybridized carbons (Fsp3) is 0.438. The van der Waals surface area contributed by atoms with E-state index in [2.05, 4.69) is 44.8 Å². The van der Waals surface area contributed by atoms with Crippen molar-refractivity contribution < 1.29 is 9.90 Å². The average Bonchev–Trinajstić information content (AvgIpc) is 2.29. The van der Waals surface area contributed by atoms with Crippen molar-refractivity contribution in [2.75, 3.05) is 6.54 Å². The predicted molar refractivity (Wildman–Crippen MR) is 78.6 cm³/mol. The third-order valence-electron chi connectivity index (χ3n) is 3.26. The molecule has 2 N–H and O–H groups in total. The van der Waals surface area contributed by atoms with Crippen molar-refractivity contribution in [1.82, 2.24) is 5.32 Å². The van der Waals surface area contributed by atoms with Crippen LogP contribution in [0, 0.1) is 20.8 Å². The van der Waals surface area contributed by atoms with Gasteiger partial charge in [0.15, 0.2) is 0 Å². The predicted octanol–water partition coefficient (Wildman–Crippen LogP) is 2.77. The molecular weight excluding hydrogens is 238 g/mol. The van der Waals surface area contributed by atoms with Crippen molar-refractivity contribution in [3.8, 4) is 0 Å². The molecule has 0 radical (unpaired) electrons. The molecule has 0 spiro atoms. The van der Waals surface area contributed by atoms with Crippen LogP contribution in [0.25, 0.3) is 0 Å². The molecule has 0 heterocycles. The second-order valence-electron chi connectivity index (χ2n) is 5.07. The van der Waals surface area contributed by atoms with E-state index >= 15 is 0 Å². The number of nitrogens with one attached hydrogen (secondary N) is 1. The summed E-state index contributed by atoms with van der Waals surface area (Å²) in [4.78, 5) is 10.9. The molecule has 0 saturated heterocycles. The van der Waals surface area contributed by atoms with Crippen LogP contribution in [0.3, 0.4) is 0 Å². The zero-order valence-corrected chi connectivity index (χ0v) is 12.0. The first kappa shape index (κ1) is 15.4. The SMILES string of the molecule is C=CCNC(CC(=O)O)Cc1c(C)cc(C)cc1C. The first-order valence-corrected chi connectivity index (χ1v) is 6.56. The molecule has 3 nitrogen and oxygen atoms in total. The number of benzene rings is 1. The Balaban J connectivity index is 2.88. The van der Waals surface area contributed by atoms with Crippen LogP contribution in [-0.4, -0.2) is 23.7 Å². The number of carboxylic acid groups (broad SMARTS) is 1. The lowest BCUT2D eigenvalue weighted by Gasteiger charge is -2.19. The number of hydrogen-bond donors (Lipinski definition) is 2. The van der Waals surface area contributed by atoms with Gasteiger partial charge >= 0.3 is 5.97 Å². The highest BCUT2D eigenvalue weighted by Gasteiger charge is 2.15. The van der Waals surface area contributed by atoms with Crippen LogP contribution in [0.1, 0.15) is 28.7 Å². The zero-order valence-electron chi connectivity index (χ0n) is 12.0. The summed E-state index contributed by atoms with van der Waals surface area (Å²) in [7, 11) is 0. The zero-order chi connectivity index (χ0) is 14.4. The average molecular weight is 261 g/mol. The molecule has 1 unspecified atom stereocenters. The minimum atomic E-state index is -0.774. The van der Waals surface area contributed by atoms with Gasteiger partial charge in [-0.05, 0) is 43.9 Å². The van der Waals surface area contributed by atoms with E-state index in [0.717, 1.165) is 6.42 Å². The van der Waals surface area contributed by atoms with Gasteiger partial charge in [-0.1, -0.05) is 23.8 Å². The largest absolute Gasteiger partial charge is 0.481 e. The van der Waals surface area contributed by atoms with Crippen LogP contribution < -0.4 is 5.32 Å². The molecule has 3 heteroatoms. The summed E-state index contributed by atoms with van der Waals surface area (Å²) in [5.74, 6) is -0.774. The van der Waals surface area contributed by atoms with Gasteiger partial charge in [0.25, 0.3) is 0 Å². The molecule has 0 bridgehead atoms. The van der Waals surface area contributed by atoms with E-state index in [-0.39, 0.29) is 12.5 Å². The summed E-state index contributed by atoms with van der Waals surface area (Å²) in [6.07, 6.45) is 2.61. The summed E-state index contributed by atoms with van der Waals surface area (Å²) in [6, 6.07) is 4.23. The number of carboxylic acids is 1. The molecule has 0 aliphatic rings. The molecule has 0 aliphatic carbocycles. The van der Waals surface area contributed by atoms with Crippen molar-refractivity contribution in [2.24, 2.45) is 0 Å². The van der Waals surface area contributed by atoms with Crippen molar-refractivity contribution in [2.45, 2.75) is 39.7 Å². The lowest BCUT2D eigenvalue weighted by molar-refractivity contribution is -0.137. The van der Waals surface area contributed by atoms with E-state index < -0.39 is 5.97 Å². The van der Waals surface area contributed by atoms with Gasteiger partial charge in [-0.25, -0.2) is 0 Å². The molecule has 0 aromatic heterocycles. The van der Waals surface area contributed by atoms with E-state index in [1.54, 1.807) is 6.08 Å². The first-order valence-electron chi connectivity index (χ1n) is 6.56. The number of hydrogen-bond acceptors (Lipinski definition) is 2. The van der Waals surface area contributed by atoms with Crippen LogP contribution in [-0.2, 0) is 11.2 Å². The normalized spacial score (nSPS) is 12.2. The molecule has 1 rings (SSSR count). The second kappa shape index (κ2) is 7.10. The lowest BCUT2D eigenvalue weighted by Crippen LogP contribution is -2.34. The minimum absolute atomic E-state index is 0.0596. The van der Waals surface area contributed by atoms with Crippen molar-refractivity contribution in [1.29, 1.82) is 0 Å². The van der Waals surface area contributed by atoms with E-state index in [4.69, 9.17) is 5.11 Å². The van der Waals surface area contributed by atoms with Gasteiger partial charge in [-0.15, -0.1) is 6.58 Å². The maximum absolute atomic E-state index is 10.9. The van der Waals surface area contributed by atoms with Crippen molar-refractivity contribution in [3.05, 3.63) is 47.0 Å². The van der Waals surface area contributed by atoms with Gasteiger partial charge in [0.1, 0.15) is 0 Å². The summed E-state index contributed by atoms with van der Waals surface area (Å²) in [5, 5.41) is 12.2. The molecule has 19 heavy (non-hydrogen) atoms. The quantitative estimate of drug-likeness (QED) is 0.742. The minimum Gasteiger partial charge on any atom is -0.481 e. The number of rotatable bonds is 7. The third-order valence-corrected chi connectivity index (χ3v) is 3.26. The van der Waals surface area contributed by atoms with Gasteiger partial charge in [0, 0.05) is 12.6 Å². The molecule has 0 fully saturated rings.